The average molecular weight is 257 g/mol. The Morgan fingerprint density at radius 1 is 1.11 bits per heavy atom. The Labute approximate surface area is 110 Å². The van der Waals surface area contributed by atoms with Gasteiger partial charge in [-0.25, -0.2) is 0 Å². The Bertz CT molecular complexity index is 265. The third-order valence-corrected chi connectivity index (χ3v) is 2.51. The molecule has 5 heteroatoms. The van der Waals surface area contributed by atoms with Crippen molar-refractivity contribution in [1.29, 1.82) is 0 Å². The van der Waals surface area contributed by atoms with Gasteiger partial charge in [0.2, 0.25) is 11.8 Å². The molecule has 2 amide bonds. The number of hydrogen-bond donors (Lipinski definition) is 3. The molecule has 0 fully saturated rings. The van der Waals surface area contributed by atoms with Crippen molar-refractivity contribution in [3.8, 4) is 0 Å². The fourth-order valence-electron chi connectivity index (χ4n) is 1.62. The molecule has 0 spiro atoms. The fraction of sp³-hybridized carbons (Fsp3) is 0.846. The van der Waals surface area contributed by atoms with Crippen molar-refractivity contribution in [3.63, 3.8) is 0 Å². The van der Waals surface area contributed by atoms with Gasteiger partial charge in [-0.15, -0.1) is 0 Å². The highest BCUT2D eigenvalue weighted by atomic mass is 16.2. The van der Waals surface area contributed by atoms with Crippen LogP contribution in [0.15, 0.2) is 0 Å². The summed E-state index contributed by atoms with van der Waals surface area (Å²) in [7, 11) is 1.59. The van der Waals surface area contributed by atoms with Crippen LogP contribution in [0, 0.1) is 5.92 Å². The van der Waals surface area contributed by atoms with Crippen molar-refractivity contribution < 1.29 is 9.59 Å². The Morgan fingerprint density at radius 2 is 1.72 bits per heavy atom. The predicted molar refractivity (Wildman–Crippen MR) is 73.2 cm³/mol. The quantitative estimate of drug-likeness (QED) is 0.598. The van der Waals surface area contributed by atoms with Crippen molar-refractivity contribution in [1.82, 2.24) is 16.0 Å². The van der Waals surface area contributed by atoms with Crippen LogP contribution in [0.3, 0.4) is 0 Å². The molecule has 1 atom stereocenters. The summed E-state index contributed by atoms with van der Waals surface area (Å²) in [6, 6.07) is -0.0650. The molecule has 0 saturated heterocycles. The molecule has 0 aromatic carbocycles. The third-order valence-electron chi connectivity index (χ3n) is 2.51. The maximum absolute atomic E-state index is 11.7. The van der Waals surface area contributed by atoms with Gasteiger partial charge in [-0.05, 0) is 12.3 Å². The van der Waals surface area contributed by atoms with E-state index < -0.39 is 6.04 Å². The van der Waals surface area contributed by atoms with Gasteiger partial charge in [0.1, 0.15) is 6.04 Å². The Hall–Kier alpha value is -1.10. The molecular weight excluding hydrogens is 230 g/mol. The molecule has 106 valence electrons. The van der Waals surface area contributed by atoms with Crippen molar-refractivity contribution in [2.45, 2.75) is 52.6 Å². The van der Waals surface area contributed by atoms with Gasteiger partial charge in [-0.1, -0.05) is 27.7 Å². The molecule has 18 heavy (non-hydrogen) atoms. The summed E-state index contributed by atoms with van der Waals surface area (Å²) in [5, 5.41) is 8.53. The molecule has 0 aliphatic rings. The summed E-state index contributed by atoms with van der Waals surface area (Å²) in [6.45, 7) is 8.75. The van der Waals surface area contributed by atoms with E-state index >= 15 is 0 Å². The summed E-state index contributed by atoms with van der Waals surface area (Å²) >= 11 is 0. The molecule has 0 radical (unpaired) electrons. The van der Waals surface area contributed by atoms with Crippen molar-refractivity contribution in [2.24, 2.45) is 5.92 Å². The largest absolute Gasteiger partial charge is 0.357 e. The van der Waals surface area contributed by atoms with Crippen molar-refractivity contribution >= 4 is 11.8 Å². The summed E-state index contributed by atoms with van der Waals surface area (Å²) in [6.07, 6.45) is 1.05. The van der Waals surface area contributed by atoms with E-state index in [1.165, 1.54) is 0 Å². The lowest BCUT2D eigenvalue weighted by Gasteiger charge is -2.19. The molecule has 0 aromatic heterocycles. The lowest BCUT2D eigenvalue weighted by molar-refractivity contribution is -0.129. The third kappa shape index (κ3) is 8.06. The maximum Gasteiger partial charge on any atom is 0.242 e. The second-order valence-electron chi connectivity index (χ2n) is 5.22. The van der Waals surface area contributed by atoms with Crippen LogP contribution >= 0.6 is 0 Å². The molecule has 0 bridgehead atoms. The number of amides is 2. The van der Waals surface area contributed by atoms with Crippen LogP contribution in [0.5, 0.6) is 0 Å². The summed E-state index contributed by atoms with van der Waals surface area (Å²) in [5.74, 6) is 0.146. The topological polar surface area (TPSA) is 70.2 Å². The molecule has 3 N–H and O–H groups in total. The monoisotopic (exact) mass is 257 g/mol. The van der Waals surface area contributed by atoms with Crippen LogP contribution in [0.1, 0.15) is 40.5 Å². The lowest BCUT2D eigenvalue weighted by Crippen LogP contribution is -2.47. The van der Waals surface area contributed by atoms with Crippen molar-refractivity contribution in [3.05, 3.63) is 0 Å². The van der Waals surface area contributed by atoms with E-state index in [-0.39, 0.29) is 11.8 Å². The highest BCUT2D eigenvalue weighted by molar-refractivity contribution is 5.87. The van der Waals surface area contributed by atoms with Gasteiger partial charge in [-0.3, -0.25) is 9.59 Å². The molecule has 1 unspecified atom stereocenters. The molecule has 0 aliphatic heterocycles. The van der Waals surface area contributed by atoms with E-state index in [2.05, 4.69) is 16.0 Å². The van der Waals surface area contributed by atoms with Crippen LogP contribution in [-0.4, -0.2) is 37.5 Å². The van der Waals surface area contributed by atoms with E-state index in [9.17, 15) is 9.59 Å². The smallest absolute Gasteiger partial charge is 0.242 e. The number of likely N-dealkylation sites (N-methyl/N-ethyl adjacent to an activating group) is 1. The minimum Gasteiger partial charge on any atom is -0.357 e. The first-order valence-electron chi connectivity index (χ1n) is 6.61. The van der Waals surface area contributed by atoms with Gasteiger partial charge in [0.15, 0.2) is 0 Å². The number of rotatable bonds is 8. The zero-order valence-electron chi connectivity index (χ0n) is 12.2. The normalized spacial score (nSPS) is 12.6. The van der Waals surface area contributed by atoms with Gasteiger partial charge in [0.05, 0.1) is 0 Å². The van der Waals surface area contributed by atoms with Crippen molar-refractivity contribution in [2.75, 3.05) is 13.6 Å². The first-order chi connectivity index (χ1) is 8.36. The number of carbonyl (C=O) groups excluding carboxylic acids is 2. The SMILES string of the molecule is CNC(=O)C(CC(C)C)NC(=O)CCNC(C)C. The van der Waals surface area contributed by atoms with Crippen LogP contribution in [0.2, 0.25) is 0 Å². The Balaban J connectivity index is 4.14. The van der Waals surface area contributed by atoms with Crippen LogP contribution in [0.4, 0.5) is 0 Å². The zero-order chi connectivity index (χ0) is 14.1. The second-order valence-corrected chi connectivity index (χ2v) is 5.22. The number of nitrogens with one attached hydrogen (secondary N) is 3. The average Bonchev–Trinajstić information content (AvgIpc) is 2.25. The highest BCUT2D eigenvalue weighted by Crippen LogP contribution is 2.05. The molecule has 0 heterocycles. The van der Waals surface area contributed by atoms with E-state index in [0.717, 1.165) is 0 Å². The highest BCUT2D eigenvalue weighted by Gasteiger charge is 2.20. The van der Waals surface area contributed by atoms with Crippen LogP contribution in [-0.2, 0) is 9.59 Å². The van der Waals surface area contributed by atoms with E-state index in [1.54, 1.807) is 7.05 Å². The molecule has 0 saturated carbocycles. The van der Waals surface area contributed by atoms with Gasteiger partial charge in [0, 0.05) is 26.1 Å². The first-order valence-corrected chi connectivity index (χ1v) is 6.61. The van der Waals surface area contributed by atoms with Gasteiger partial charge < -0.3 is 16.0 Å². The van der Waals surface area contributed by atoms with Crippen LogP contribution < -0.4 is 16.0 Å². The lowest BCUT2D eigenvalue weighted by atomic mass is 10.0. The second kappa shape index (κ2) is 8.91. The first kappa shape index (κ1) is 16.9. The zero-order valence-corrected chi connectivity index (χ0v) is 12.2. The molecule has 0 aromatic rings. The molecule has 0 aliphatic carbocycles. The predicted octanol–water partition coefficient (Wildman–Crippen LogP) is 0.651. The Morgan fingerprint density at radius 3 is 2.17 bits per heavy atom. The standard InChI is InChI=1S/C13H27N3O2/c1-9(2)8-11(13(18)14-5)16-12(17)6-7-15-10(3)4/h9-11,15H,6-8H2,1-5H3,(H,14,18)(H,16,17). The maximum atomic E-state index is 11.7. The fourth-order valence-corrected chi connectivity index (χ4v) is 1.62. The number of carbonyl (C=O) groups is 2. The van der Waals surface area contributed by atoms with E-state index in [1.807, 2.05) is 27.7 Å². The van der Waals surface area contributed by atoms with E-state index in [0.29, 0.717) is 31.3 Å². The summed E-state index contributed by atoms with van der Waals surface area (Å²) in [5.41, 5.74) is 0. The summed E-state index contributed by atoms with van der Waals surface area (Å²) < 4.78 is 0. The van der Waals surface area contributed by atoms with Gasteiger partial charge in [-0.2, -0.15) is 0 Å². The number of hydrogen-bond acceptors (Lipinski definition) is 3. The van der Waals surface area contributed by atoms with Crippen LogP contribution in [0.25, 0.3) is 0 Å². The molecule has 5 nitrogen and oxygen atoms in total. The summed E-state index contributed by atoms with van der Waals surface area (Å²) in [4.78, 5) is 23.3. The van der Waals surface area contributed by atoms with Gasteiger partial charge >= 0.3 is 0 Å². The van der Waals surface area contributed by atoms with Gasteiger partial charge in [0.25, 0.3) is 0 Å². The Kier molecular flexibility index (Phi) is 8.37. The van der Waals surface area contributed by atoms with E-state index in [4.69, 9.17) is 0 Å². The molecular formula is C13H27N3O2. The minimum absolute atomic E-state index is 0.0857. The molecule has 0 rings (SSSR count). The minimum atomic E-state index is -0.429.